The zero-order valence-electron chi connectivity index (χ0n) is 22.0. The molecule has 0 aliphatic heterocycles. The van der Waals surface area contributed by atoms with Crippen molar-refractivity contribution >= 4 is 23.9 Å². The maximum Gasteiger partial charge on any atom is 0.324 e. The highest BCUT2D eigenvalue weighted by Gasteiger charge is 2.37. The Morgan fingerprint density at radius 1 is 0.914 bits per heavy atom. The van der Waals surface area contributed by atoms with Crippen LogP contribution in [0.3, 0.4) is 0 Å². The number of esters is 3. The molecule has 1 unspecified atom stereocenters. The van der Waals surface area contributed by atoms with Crippen LogP contribution < -0.4 is 15.2 Å². The van der Waals surface area contributed by atoms with Crippen LogP contribution in [-0.4, -0.2) is 40.6 Å². The van der Waals surface area contributed by atoms with Gasteiger partial charge >= 0.3 is 23.9 Å². The zero-order valence-corrected chi connectivity index (χ0v) is 22.0. The molecule has 0 aliphatic carbocycles. The summed E-state index contributed by atoms with van der Waals surface area (Å²) in [6.45, 7) is 13.9. The smallest absolute Gasteiger partial charge is 0.324 e. The van der Waals surface area contributed by atoms with E-state index in [0.717, 1.165) is 0 Å². The van der Waals surface area contributed by atoms with Gasteiger partial charge < -0.3 is 25.1 Å². The van der Waals surface area contributed by atoms with E-state index in [1.54, 1.807) is 40.7 Å². The number of carboxylic acids is 1. The summed E-state index contributed by atoms with van der Waals surface area (Å²) in [6, 6.07) is 4.42. The third kappa shape index (κ3) is 10.1. The number of benzene rings is 1. The van der Waals surface area contributed by atoms with Crippen LogP contribution in [0.1, 0.15) is 73.8 Å². The molecule has 0 saturated carbocycles. The summed E-state index contributed by atoms with van der Waals surface area (Å²) in [4.78, 5) is 48.5. The van der Waals surface area contributed by atoms with Gasteiger partial charge in [0.25, 0.3) is 0 Å². The van der Waals surface area contributed by atoms with Crippen molar-refractivity contribution in [1.82, 2.24) is 0 Å². The van der Waals surface area contributed by atoms with Gasteiger partial charge in [0.15, 0.2) is 11.5 Å². The second-order valence-corrected chi connectivity index (χ2v) is 10.8. The molecule has 0 saturated heterocycles. The first-order valence-electron chi connectivity index (χ1n) is 11.7. The number of ether oxygens (including phenoxy) is 3. The van der Waals surface area contributed by atoms with Crippen molar-refractivity contribution in [2.24, 2.45) is 23.0 Å². The van der Waals surface area contributed by atoms with E-state index in [2.05, 4.69) is 0 Å². The minimum absolute atomic E-state index is 0.00686. The fourth-order valence-electron chi connectivity index (χ4n) is 3.13. The molecule has 0 bridgehead atoms. The standard InChI is InChI=1S/C26H39NO8/c1-15(2)22(29)34-19-10-9-18(11-20(19)35-23(30)16(3)4)13-26(27,24(31)32)12-17(5)33-21(28)14-25(6,7)8/h9-11,15-17H,12-14,27H2,1-8H3,(H,31,32)/t17-,26?/m0/s1. The molecular weight excluding hydrogens is 454 g/mol. The molecule has 3 N–H and O–H groups in total. The molecule has 0 fully saturated rings. The molecule has 2 atom stereocenters. The average molecular weight is 494 g/mol. The Hall–Kier alpha value is -2.94. The summed E-state index contributed by atoms with van der Waals surface area (Å²) in [5.74, 6) is -3.57. The quantitative estimate of drug-likeness (QED) is 0.347. The van der Waals surface area contributed by atoms with Crippen molar-refractivity contribution in [2.75, 3.05) is 0 Å². The lowest BCUT2D eigenvalue weighted by Gasteiger charge is -2.28. The van der Waals surface area contributed by atoms with Crippen LogP contribution in [0.4, 0.5) is 0 Å². The van der Waals surface area contributed by atoms with Crippen LogP contribution >= 0.6 is 0 Å². The largest absolute Gasteiger partial charge is 0.480 e. The summed E-state index contributed by atoms with van der Waals surface area (Å²) in [7, 11) is 0. The van der Waals surface area contributed by atoms with Crippen molar-refractivity contribution in [3.8, 4) is 11.5 Å². The molecule has 9 heteroatoms. The Morgan fingerprint density at radius 3 is 1.89 bits per heavy atom. The minimum Gasteiger partial charge on any atom is -0.480 e. The molecule has 1 rings (SSSR count). The van der Waals surface area contributed by atoms with Crippen LogP contribution in [0.2, 0.25) is 0 Å². The van der Waals surface area contributed by atoms with Crippen molar-refractivity contribution in [1.29, 1.82) is 0 Å². The van der Waals surface area contributed by atoms with E-state index in [1.165, 1.54) is 12.1 Å². The summed E-state index contributed by atoms with van der Waals surface area (Å²) < 4.78 is 16.1. The highest BCUT2D eigenvalue weighted by atomic mass is 16.6. The fraction of sp³-hybridized carbons (Fsp3) is 0.615. The fourth-order valence-corrected chi connectivity index (χ4v) is 3.13. The van der Waals surface area contributed by atoms with E-state index in [0.29, 0.717) is 5.56 Å². The Morgan fingerprint density at radius 2 is 1.43 bits per heavy atom. The third-order valence-electron chi connectivity index (χ3n) is 4.98. The molecule has 0 aromatic heterocycles. The van der Waals surface area contributed by atoms with Crippen LogP contribution in [0.15, 0.2) is 18.2 Å². The highest BCUT2D eigenvalue weighted by Crippen LogP contribution is 2.32. The van der Waals surface area contributed by atoms with Gasteiger partial charge in [-0.25, -0.2) is 0 Å². The Labute approximate surface area is 207 Å². The van der Waals surface area contributed by atoms with Crippen LogP contribution in [-0.2, 0) is 30.3 Å². The Kier molecular flexibility index (Phi) is 10.4. The number of carbonyl (C=O) groups is 4. The van der Waals surface area contributed by atoms with Crippen LogP contribution in [0.25, 0.3) is 0 Å². The predicted molar refractivity (Wildman–Crippen MR) is 130 cm³/mol. The molecule has 9 nitrogen and oxygen atoms in total. The Balaban J connectivity index is 3.17. The van der Waals surface area contributed by atoms with Gasteiger partial charge in [0, 0.05) is 12.8 Å². The van der Waals surface area contributed by atoms with Gasteiger partial charge in [-0.2, -0.15) is 0 Å². The number of hydrogen-bond acceptors (Lipinski definition) is 8. The second kappa shape index (κ2) is 12.2. The zero-order chi connectivity index (χ0) is 27.1. The second-order valence-electron chi connectivity index (χ2n) is 10.8. The first-order chi connectivity index (χ1) is 15.9. The van der Waals surface area contributed by atoms with Crippen LogP contribution in [0.5, 0.6) is 11.5 Å². The number of hydrogen-bond donors (Lipinski definition) is 2. The monoisotopic (exact) mass is 493 g/mol. The highest BCUT2D eigenvalue weighted by molar-refractivity contribution is 5.80. The molecular formula is C26H39NO8. The molecule has 0 heterocycles. The summed E-state index contributed by atoms with van der Waals surface area (Å²) in [5, 5.41) is 9.87. The van der Waals surface area contributed by atoms with Gasteiger partial charge in [0.1, 0.15) is 11.6 Å². The summed E-state index contributed by atoms with van der Waals surface area (Å²) >= 11 is 0. The van der Waals surface area contributed by atoms with Gasteiger partial charge in [0.2, 0.25) is 0 Å². The lowest BCUT2D eigenvalue weighted by atomic mass is 9.86. The van der Waals surface area contributed by atoms with Crippen molar-refractivity contribution in [2.45, 2.75) is 86.3 Å². The first-order valence-corrected chi connectivity index (χ1v) is 11.7. The number of aliphatic carboxylic acids is 1. The van der Waals surface area contributed by atoms with Crippen molar-refractivity contribution in [3.05, 3.63) is 23.8 Å². The minimum atomic E-state index is -1.77. The maximum absolute atomic E-state index is 12.2. The van der Waals surface area contributed by atoms with E-state index in [4.69, 9.17) is 19.9 Å². The van der Waals surface area contributed by atoms with Gasteiger partial charge in [-0.15, -0.1) is 0 Å². The van der Waals surface area contributed by atoms with Gasteiger partial charge in [-0.05, 0) is 30.0 Å². The molecule has 0 radical (unpaired) electrons. The number of rotatable bonds is 11. The lowest BCUT2D eigenvalue weighted by Crippen LogP contribution is -2.52. The SMILES string of the molecule is CC(C)C(=O)Oc1ccc(CC(N)(C[C@H](C)OC(=O)CC(C)(C)C)C(=O)O)cc1OC(=O)C(C)C. The average Bonchev–Trinajstić information content (AvgIpc) is 2.67. The lowest BCUT2D eigenvalue weighted by molar-refractivity contribution is -0.154. The molecule has 35 heavy (non-hydrogen) atoms. The molecule has 1 aromatic rings. The van der Waals surface area contributed by atoms with Gasteiger partial charge in [-0.1, -0.05) is 54.5 Å². The third-order valence-corrected chi connectivity index (χ3v) is 4.98. The molecule has 0 amide bonds. The topological polar surface area (TPSA) is 142 Å². The van der Waals surface area contributed by atoms with E-state index in [1.807, 2.05) is 20.8 Å². The number of carboxylic acid groups (broad SMARTS) is 1. The van der Waals surface area contributed by atoms with E-state index < -0.39 is 47.4 Å². The van der Waals surface area contributed by atoms with E-state index in [9.17, 15) is 24.3 Å². The Bertz CT molecular complexity index is 932. The van der Waals surface area contributed by atoms with Gasteiger partial charge in [0.05, 0.1) is 18.3 Å². The molecule has 0 aliphatic rings. The predicted octanol–water partition coefficient (Wildman–Crippen LogP) is 3.89. The number of carbonyl (C=O) groups excluding carboxylic acids is 3. The van der Waals surface area contributed by atoms with Crippen LogP contribution in [0, 0.1) is 17.3 Å². The first kappa shape index (κ1) is 30.1. The molecule has 1 aromatic carbocycles. The maximum atomic E-state index is 12.2. The molecule has 0 spiro atoms. The van der Waals surface area contributed by atoms with E-state index >= 15 is 0 Å². The number of nitrogens with two attached hydrogens (primary N) is 1. The summed E-state index contributed by atoms with van der Waals surface area (Å²) in [6.07, 6.45) is -0.837. The summed E-state index contributed by atoms with van der Waals surface area (Å²) in [5.41, 5.74) is 4.66. The van der Waals surface area contributed by atoms with Gasteiger partial charge in [-0.3, -0.25) is 19.2 Å². The van der Waals surface area contributed by atoms with E-state index in [-0.39, 0.29) is 36.2 Å². The molecule has 196 valence electrons. The van der Waals surface area contributed by atoms with Crippen molar-refractivity contribution in [3.63, 3.8) is 0 Å². The van der Waals surface area contributed by atoms with Crippen molar-refractivity contribution < 1.29 is 38.5 Å². The normalized spacial score (nSPS) is 14.3.